The van der Waals surface area contributed by atoms with Crippen LogP contribution in [0.4, 0.5) is 5.69 Å². The van der Waals surface area contributed by atoms with E-state index in [0.717, 1.165) is 45.9 Å². The fourth-order valence-corrected chi connectivity index (χ4v) is 13.6. The van der Waals surface area contributed by atoms with Crippen molar-refractivity contribution in [3.05, 3.63) is 87.6 Å². The van der Waals surface area contributed by atoms with Gasteiger partial charge >= 0.3 is 0 Å². The van der Waals surface area contributed by atoms with E-state index in [2.05, 4.69) is 110 Å². The molecule has 0 aromatic heterocycles. The first-order valence-corrected chi connectivity index (χ1v) is 25.2. The average Bonchev–Trinajstić information content (AvgIpc) is 3.09. The molecule has 48 heavy (non-hydrogen) atoms. The number of fused-ring (bicyclic) bond motifs is 2. The molecule has 9 heteroatoms. The lowest BCUT2D eigenvalue weighted by molar-refractivity contribution is -0.110. The normalized spacial score (nSPS) is 17.2. The lowest BCUT2D eigenvalue weighted by Crippen LogP contribution is -2.50. The molecule has 5 rings (SSSR count). The van der Waals surface area contributed by atoms with E-state index < -0.39 is 8.07 Å². The maximum absolute atomic E-state index is 12.8. The van der Waals surface area contributed by atoms with Crippen LogP contribution < -0.4 is 10.1 Å². The molecule has 1 saturated heterocycles. The smallest absolute Gasteiger partial charge is 0.178 e. The summed E-state index contributed by atoms with van der Waals surface area (Å²) in [7, 11) is -2.12. The van der Waals surface area contributed by atoms with E-state index >= 15 is 0 Å². The van der Waals surface area contributed by atoms with Crippen LogP contribution in [0.1, 0.15) is 36.1 Å². The highest BCUT2D eigenvalue weighted by Gasteiger charge is 2.40. The Bertz CT molecular complexity index is 1480. The van der Waals surface area contributed by atoms with Crippen LogP contribution in [-0.2, 0) is 16.1 Å². The predicted octanol–water partition coefficient (Wildman–Crippen LogP) is 7.94. The van der Waals surface area contributed by atoms with Gasteiger partial charge in [0.05, 0.1) is 13.2 Å². The van der Waals surface area contributed by atoms with Crippen molar-refractivity contribution in [3.63, 3.8) is 0 Å². The number of thioether (sulfide) groups is 4. The number of carbonyl (C=O) groups is 1. The van der Waals surface area contributed by atoms with Gasteiger partial charge in [0.2, 0.25) is 0 Å². The summed E-state index contributed by atoms with van der Waals surface area (Å²) in [6, 6.07) is 14.2. The van der Waals surface area contributed by atoms with Crippen molar-refractivity contribution in [3.8, 4) is 0 Å². The van der Waals surface area contributed by atoms with Crippen LogP contribution in [0.5, 0.6) is 0 Å². The van der Waals surface area contributed by atoms with E-state index in [1.54, 1.807) is 6.08 Å². The highest BCUT2D eigenvalue weighted by Crippen LogP contribution is 2.42. The number of hydrogen-bond donors (Lipinski definition) is 0. The van der Waals surface area contributed by atoms with Gasteiger partial charge in [-0.05, 0) is 86.5 Å². The van der Waals surface area contributed by atoms with Crippen LogP contribution in [-0.4, -0.2) is 104 Å². The summed E-state index contributed by atoms with van der Waals surface area (Å²) < 4.78 is 5.65. The van der Waals surface area contributed by atoms with Crippen molar-refractivity contribution >= 4 is 77.4 Å². The van der Waals surface area contributed by atoms with Gasteiger partial charge in [0, 0.05) is 72.9 Å². The van der Waals surface area contributed by atoms with Gasteiger partial charge in [0.15, 0.2) is 5.78 Å². The number of hydrogen-bond acceptors (Lipinski definition) is 8. The standard InChI is InChI=1S/C39H54N2O2S4Si/c1-6-44-22-24-46-20-16-40(17-21-47-25-23-45-7-2)29-31-8-11-34(30(3)26-31)39-35-12-9-32(41-14-18-43-19-15-41)27-37(35)48(4,5)38-28-33(42)10-13-36(38)39/h8-13,26-28H,6-7,14-25,29H2,1-5H3. The molecule has 1 aliphatic carbocycles. The number of rotatable bonds is 18. The Kier molecular flexibility index (Phi) is 14.8. The molecule has 0 N–H and O–H groups in total. The van der Waals surface area contributed by atoms with Crippen LogP contribution in [0.15, 0.2) is 65.4 Å². The zero-order valence-corrected chi connectivity index (χ0v) is 33.9. The molecule has 0 bridgehead atoms. The molecule has 4 nitrogen and oxygen atoms in total. The Morgan fingerprint density at radius 3 is 2.10 bits per heavy atom. The molecule has 0 unspecified atom stereocenters. The SMILES string of the molecule is CCSCCSCCN(CCSCCSCC)Cc1ccc(C2=C3C=CC(=O)C=C3[Si](C)(C)c3cc(N4CCOCC4)ccc32)c(C)c1. The number of nitrogens with zero attached hydrogens (tertiary/aromatic N) is 2. The van der Waals surface area contributed by atoms with Crippen LogP contribution >= 0.6 is 47.0 Å². The second kappa shape index (κ2) is 18.8. The Morgan fingerprint density at radius 2 is 1.46 bits per heavy atom. The average molecular weight is 739 g/mol. The van der Waals surface area contributed by atoms with E-state index in [4.69, 9.17) is 4.74 Å². The van der Waals surface area contributed by atoms with Crippen LogP contribution in [0.2, 0.25) is 13.1 Å². The summed E-state index contributed by atoms with van der Waals surface area (Å²) in [5.74, 6) is 9.90. The quantitative estimate of drug-likeness (QED) is 0.113. The predicted molar refractivity (Wildman–Crippen MR) is 222 cm³/mol. The second-order valence-electron chi connectivity index (χ2n) is 13.1. The number of carbonyl (C=O) groups excluding carboxylic acids is 1. The molecule has 2 aromatic carbocycles. The summed E-state index contributed by atoms with van der Waals surface area (Å²) in [5, 5.41) is 2.69. The molecule has 0 spiro atoms. The zero-order chi connectivity index (χ0) is 33.9. The van der Waals surface area contributed by atoms with Gasteiger partial charge in [-0.1, -0.05) is 57.3 Å². The summed E-state index contributed by atoms with van der Waals surface area (Å²) in [4.78, 5) is 17.9. The molecule has 2 aliphatic heterocycles. The van der Waals surface area contributed by atoms with Gasteiger partial charge < -0.3 is 9.64 Å². The minimum Gasteiger partial charge on any atom is -0.378 e. The van der Waals surface area contributed by atoms with Crippen molar-refractivity contribution in [2.75, 3.05) is 90.3 Å². The van der Waals surface area contributed by atoms with E-state index in [1.807, 2.05) is 29.6 Å². The van der Waals surface area contributed by atoms with E-state index in [9.17, 15) is 4.79 Å². The Hall–Kier alpha value is -1.33. The summed E-state index contributed by atoms with van der Waals surface area (Å²) in [6.45, 7) is 18.2. The van der Waals surface area contributed by atoms with Gasteiger partial charge in [0.25, 0.3) is 0 Å². The number of anilines is 1. The van der Waals surface area contributed by atoms with Crippen LogP contribution in [0.25, 0.3) is 5.57 Å². The topological polar surface area (TPSA) is 32.8 Å². The third kappa shape index (κ3) is 9.71. The van der Waals surface area contributed by atoms with Gasteiger partial charge in [-0.15, -0.1) is 0 Å². The second-order valence-corrected chi connectivity index (χ2v) is 22.6. The van der Waals surface area contributed by atoms with Gasteiger partial charge in [0.1, 0.15) is 8.07 Å². The Morgan fingerprint density at radius 1 is 0.812 bits per heavy atom. The monoisotopic (exact) mass is 738 g/mol. The maximum Gasteiger partial charge on any atom is 0.178 e. The molecule has 2 aromatic rings. The largest absolute Gasteiger partial charge is 0.378 e. The van der Waals surface area contributed by atoms with Gasteiger partial charge in [-0.3, -0.25) is 9.69 Å². The molecule has 260 valence electrons. The fourth-order valence-electron chi connectivity index (χ4n) is 6.87. The fraction of sp³-hybridized carbons (Fsp3) is 0.513. The van der Waals surface area contributed by atoms with E-state index in [1.165, 1.54) is 95.5 Å². The number of allylic oxidation sites excluding steroid dienone is 5. The number of benzene rings is 2. The third-order valence-corrected chi connectivity index (χ3v) is 17.2. The Balaban J connectivity index is 1.40. The molecule has 1 fully saturated rings. The number of morpholine rings is 1. The first kappa shape index (κ1) is 37.9. The molecule has 0 saturated carbocycles. The van der Waals surface area contributed by atoms with E-state index in [-0.39, 0.29) is 5.78 Å². The van der Waals surface area contributed by atoms with Crippen molar-refractivity contribution < 1.29 is 9.53 Å². The summed E-state index contributed by atoms with van der Waals surface area (Å²) >= 11 is 8.29. The number of ketones is 1. The number of aryl methyl sites for hydroxylation is 1. The molecule has 2 heterocycles. The molecule has 3 aliphatic rings. The highest BCUT2D eigenvalue weighted by molar-refractivity contribution is 8.03. The van der Waals surface area contributed by atoms with Crippen LogP contribution in [0.3, 0.4) is 0 Å². The highest BCUT2D eigenvalue weighted by atomic mass is 32.2. The third-order valence-electron chi connectivity index (χ3n) is 9.48. The van der Waals surface area contributed by atoms with Gasteiger partial charge in [-0.25, -0.2) is 0 Å². The first-order chi connectivity index (χ1) is 23.3. The van der Waals surface area contributed by atoms with E-state index in [0.29, 0.717) is 0 Å². The molecule has 0 atom stereocenters. The van der Waals surface area contributed by atoms with Crippen LogP contribution in [0, 0.1) is 6.92 Å². The minimum atomic E-state index is -2.12. The van der Waals surface area contributed by atoms with Gasteiger partial charge in [-0.2, -0.15) is 47.0 Å². The molecular weight excluding hydrogens is 685 g/mol. The van der Waals surface area contributed by atoms with Crippen molar-refractivity contribution in [1.29, 1.82) is 0 Å². The van der Waals surface area contributed by atoms with Crippen molar-refractivity contribution in [2.24, 2.45) is 0 Å². The summed E-state index contributed by atoms with van der Waals surface area (Å²) in [6.07, 6.45) is 5.80. The first-order valence-electron chi connectivity index (χ1n) is 17.6. The lowest BCUT2D eigenvalue weighted by Gasteiger charge is -2.39. The summed E-state index contributed by atoms with van der Waals surface area (Å²) in [5.41, 5.74) is 9.11. The van der Waals surface area contributed by atoms with Crippen molar-refractivity contribution in [2.45, 2.75) is 40.4 Å². The maximum atomic E-state index is 12.8. The number of ether oxygens (including phenoxy) is 1. The zero-order valence-electron chi connectivity index (χ0n) is 29.6. The lowest BCUT2D eigenvalue weighted by atomic mass is 9.87. The minimum absolute atomic E-state index is 0.109. The Labute approximate surface area is 308 Å². The van der Waals surface area contributed by atoms with Crippen molar-refractivity contribution in [1.82, 2.24) is 4.90 Å². The molecule has 0 amide bonds. The molecular formula is C39H54N2O2S4Si. The molecule has 0 radical (unpaired) electrons.